The lowest BCUT2D eigenvalue weighted by atomic mass is 10.0. The Balaban J connectivity index is 5.50. The molecule has 0 aliphatic rings. The summed E-state index contributed by atoms with van der Waals surface area (Å²) >= 11 is 4.43. The predicted molar refractivity (Wildman–Crippen MR) is 38.6 cm³/mol. The molecule has 0 aromatic heterocycles. The van der Waals surface area contributed by atoms with Crippen molar-refractivity contribution in [2.75, 3.05) is 0 Å². The summed E-state index contributed by atoms with van der Waals surface area (Å²) in [6.07, 6.45) is -4.72. The summed E-state index contributed by atoms with van der Waals surface area (Å²) < 4.78 is 98.1. The highest BCUT2D eigenvalue weighted by atomic mass is 35.5. The van der Waals surface area contributed by atoms with Crippen LogP contribution in [0, 0.1) is 0 Å². The van der Waals surface area contributed by atoms with E-state index in [2.05, 4.69) is 11.6 Å². The minimum Gasteiger partial charge on any atom is -0.211 e. The molecule has 0 aromatic carbocycles. The van der Waals surface area contributed by atoms with Crippen molar-refractivity contribution >= 4 is 17.7 Å². The molecule has 0 radical (unpaired) electrons. The summed E-state index contributed by atoms with van der Waals surface area (Å²) in [5, 5.41) is 0. The maximum atomic E-state index is 12.7. The van der Waals surface area contributed by atoms with Gasteiger partial charge in [0.2, 0.25) is 11.6 Å². The zero-order valence-corrected chi connectivity index (χ0v) is 8.17. The molecule has 0 aliphatic heterocycles. The van der Waals surface area contributed by atoms with Crippen molar-refractivity contribution in [2.45, 2.75) is 29.7 Å². The van der Waals surface area contributed by atoms with E-state index in [0.29, 0.717) is 6.08 Å². The summed E-state index contributed by atoms with van der Waals surface area (Å²) in [5.41, 5.74) is -3.44. The topological polar surface area (TPSA) is 29.4 Å². The van der Waals surface area contributed by atoms with Crippen LogP contribution in [0.2, 0.25) is 0 Å². The third kappa shape index (κ3) is 2.52. The van der Waals surface area contributed by atoms with Crippen LogP contribution in [-0.2, 0) is 4.79 Å². The van der Waals surface area contributed by atoms with E-state index in [4.69, 9.17) is 0 Å². The van der Waals surface area contributed by atoms with Crippen molar-refractivity contribution in [3.8, 4) is 0 Å². The van der Waals surface area contributed by atoms with Crippen LogP contribution in [0.3, 0.4) is 0 Å². The van der Waals surface area contributed by atoms with Crippen molar-refractivity contribution in [3.05, 3.63) is 0 Å². The van der Waals surface area contributed by atoms with Crippen LogP contribution in [0.4, 0.5) is 35.1 Å². The lowest BCUT2D eigenvalue weighted by Gasteiger charge is -2.32. The molecule has 2 nitrogen and oxygen atoms in total. The second kappa shape index (κ2) is 4.77. The molecule has 0 saturated carbocycles. The summed E-state index contributed by atoms with van der Waals surface area (Å²) in [6, 6.07) is 0. The SMILES string of the molecule is O=C=NC(Cl)C(F)(F)C(F)(F)C(F)(F)C(F)F. The van der Waals surface area contributed by atoms with Gasteiger partial charge >= 0.3 is 24.2 Å². The number of hydrogen-bond donors (Lipinski definition) is 0. The van der Waals surface area contributed by atoms with Crippen LogP contribution in [-0.4, -0.2) is 35.8 Å². The van der Waals surface area contributed by atoms with Gasteiger partial charge in [0.15, 0.2) is 0 Å². The van der Waals surface area contributed by atoms with Crippen LogP contribution in [0.25, 0.3) is 0 Å². The molecule has 0 rings (SSSR count). The number of carbonyl (C=O) groups excluding carboxylic acids is 1. The molecule has 0 aliphatic carbocycles. The monoisotopic (exact) mass is 291 g/mol. The van der Waals surface area contributed by atoms with Gasteiger partial charge in [0, 0.05) is 0 Å². The number of halogens is 9. The fraction of sp³-hybridized carbons (Fsp3) is 0.833. The van der Waals surface area contributed by atoms with E-state index in [1.54, 1.807) is 0 Å². The van der Waals surface area contributed by atoms with Crippen molar-refractivity contribution in [1.29, 1.82) is 0 Å². The Morgan fingerprint density at radius 3 is 1.71 bits per heavy atom. The normalized spacial score (nSPS) is 15.6. The van der Waals surface area contributed by atoms with E-state index in [-0.39, 0.29) is 0 Å². The van der Waals surface area contributed by atoms with E-state index in [1.807, 2.05) is 4.99 Å². The molecule has 0 spiro atoms. The summed E-state index contributed by atoms with van der Waals surface area (Å²) in [7, 11) is 0. The van der Waals surface area contributed by atoms with E-state index < -0.39 is 29.7 Å². The van der Waals surface area contributed by atoms with Gasteiger partial charge in [-0.25, -0.2) is 13.6 Å². The minimum absolute atomic E-state index is 0.324. The van der Waals surface area contributed by atoms with Crippen LogP contribution >= 0.6 is 11.6 Å². The molecule has 0 amide bonds. The first-order chi connectivity index (χ1) is 7.42. The lowest BCUT2D eigenvalue weighted by Crippen LogP contribution is -2.60. The minimum atomic E-state index is -6.49. The molecule has 17 heavy (non-hydrogen) atoms. The standard InChI is InChI=1S/C6H2ClF8NO/c7-2(16-1-17)4(10,11)6(14,15)5(12,13)3(8)9/h2-3H. The fourth-order valence-corrected chi connectivity index (χ4v) is 0.813. The van der Waals surface area contributed by atoms with Gasteiger partial charge in [-0.15, -0.1) is 0 Å². The van der Waals surface area contributed by atoms with Crippen LogP contribution in [0.1, 0.15) is 0 Å². The molecule has 0 aromatic rings. The smallest absolute Gasteiger partial charge is 0.211 e. The zero-order chi connectivity index (χ0) is 14.1. The third-order valence-electron chi connectivity index (χ3n) is 1.58. The number of nitrogens with zero attached hydrogens (tertiary/aromatic N) is 1. The van der Waals surface area contributed by atoms with Crippen molar-refractivity contribution in [1.82, 2.24) is 0 Å². The molecular weight excluding hydrogens is 290 g/mol. The Morgan fingerprint density at radius 2 is 1.41 bits per heavy atom. The van der Waals surface area contributed by atoms with Gasteiger partial charge in [0.25, 0.3) is 0 Å². The molecule has 100 valence electrons. The first-order valence-electron chi connectivity index (χ1n) is 3.55. The fourth-order valence-electron chi connectivity index (χ4n) is 0.636. The van der Waals surface area contributed by atoms with Gasteiger partial charge in [-0.1, -0.05) is 11.6 Å². The van der Waals surface area contributed by atoms with Crippen molar-refractivity contribution in [3.63, 3.8) is 0 Å². The first-order valence-corrected chi connectivity index (χ1v) is 3.99. The Bertz CT molecular complexity index is 326. The Labute approximate surface area is 93.2 Å². The molecule has 11 heteroatoms. The van der Waals surface area contributed by atoms with E-state index in [0.717, 1.165) is 0 Å². The molecule has 1 unspecified atom stereocenters. The van der Waals surface area contributed by atoms with Crippen molar-refractivity contribution in [2.24, 2.45) is 4.99 Å². The van der Waals surface area contributed by atoms with E-state index in [1.165, 1.54) is 0 Å². The Hall–Kier alpha value is -0.890. The quantitative estimate of drug-likeness (QED) is 0.252. The van der Waals surface area contributed by atoms with Gasteiger partial charge in [-0.05, 0) is 0 Å². The van der Waals surface area contributed by atoms with Crippen molar-refractivity contribution < 1.29 is 39.9 Å². The van der Waals surface area contributed by atoms with Gasteiger partial charge in [-0.3, -0.25) is 0 Å². The van der Waals surface area contributed by atoms with Gasteiger partial charge in [-0.2, -0.15) is 31.3 Å². The molecule has 0 N–H and O–H groups in total. The highest BCUT2D eigenvalue weighted by molar-refractivity contribution is 6.21. The number of isocyanates is 1. The molecule has 1 atom stereocenters. The largest absolute Gasteiger partial charge is 0.381 e. The highest BCUT2D eigenvalue weighted by Crippen LogP contribution is 2.51. The molecular formula is C6H2ClF8NO. The van der Waals surface area contributed by atoms with Gasteiger partial charge in [0.1, 0.15) is 0 Å². The third-order valence-corrected chi connectivity index (χ3v) is 1.95. The lowest BCUT2D eigenvalue weighted by molar-refractivity contribution is -0.337. The average Bonchev–Trinajstić information content (AvgIpc) is 2.17. The number of aliphatic imine (C=N–C) groups is 1. The molecule has 0 heterocycles. The number of hydrogen-bond acceptors (Lipinski definition) is 2. The zero-order valence-electron chi connectivity index (χ0n) is 7.41. The first kappa shape index (κ1) is 16.1. The predicted octanol–water partition coefficient (Wildman–Crippen LogP) is 3.06. The van der Waals surface area contributed by atoms with Crippen LogP contribution in [0.5, 0.6) is 0 Å². The van der Waals surface area contributed by atoms with E-state index in [9.17, 15) is 39.9 Å². The second-order valence-electron chi connectivity index (χ2n) is 2.68. The van der Waals surface area contributed by atoms with E-state index >= 15 is 0 Å². The second-order valence-corrected chi connectivity index (χ2v) is 3.09. The maximum Gasteiger partial charge on any atom is 0.381 e. The maximum absolute atomic E-state index is 12.7. The Morgan fingerprint density at radius 1 is 1.00 bits per heavy atom. The van der Waals surface area contributed by atoms with Gasteiger partial charge in [0.05, 0.1) is 0 Å². The summed E-state index contributed by atoms with van der Waals surface area (Å²) in [4.78, 5) is 11.4. The van der Waals surface area contributed by atoms with Crippen LogP contribution < -0.4 is 0 Å². The van der Waals surface area contributed by atoms with Gasteiger partial charge < -0.3 is 0 Å². The summed E-state index contributed by atoms with van der Waals surface area (Å²) in [5.74, 6) is -18.7. The number of rotatable bonds is 5. The highest BCUT2D eigenvalue weighted by Gasteiger charge is 2.77. The molecule has 0 saturated heterocycles. The van der Waals surface area contributed by atoms with Crippen LogP contribution in [0.15, 0.2) is 4.99 Å². The Kier molecular flexibility index (Phi) is 4.52. The summed E-state index contributed by atoms with van der Waals surface area (Å²) in [6.45, 7) is 0. The molecule has 0 bridgehead atoms. The number of alkyl halides is 9. The molecule has 0 fully saturated rings. The average molecular weight is 292 g/mol.